The van der Waals surface area contributed by atoms with Gasteiger partial charge in [0.1, 0.15) is 0 Å². The Morgan fingerprint density at radius 2 is 0.417 bits per heavy atom. The van der Waals surface area contributed by atoms with Crippen LogP contribution in [0.4, 0.5) is 0 Å². The Morgan fingerprint density at radius 1 is 0.417 bits per heavy atom. The number of hydrogen-bond donors (Lipinski definition) is 3. The predicted octanol–water partition coefficient (Wildman–Crippen LogP) is 3.73. The van der Waals surface area contributed by atoms with Crippen molar-refractivity contribution < 1.29 is 0 Å². The number of rotatable bonds is 0. The normalized spacial score (nSPS) is 2.00. The first-order chi connectivity index (χ1) is 4.24. The smallest absolute Gasteiger partial charge is 0.255 e. The van der Waals surface area contributed by atoms with Crippen LogP contribution in [0.5, 0.6) is 0 Å². The maximum atomic E-state index is 6.75. The molecule has 12 heavy (non-hydrogen) atoms. The molecule has 0 aliphatic carbocycles. The lowest BCUT2D eigenvalue weighted by atomic mass is 13.0. The molecule has 0 bridgehead atoms. The van der Waals surface area contributed by atoms with Crippen molar-refractivity contribution in [2.45, 2.75) is 0 Å². The molecule has 0 aromatic heterocycles. The summed E-state index contributed by atoms with van der Waals surface area (Å²) in [6.45, 7) is 0. The second-order valence-electron chi connectivity index (χ2n) is 0.268. The summed E-state index contributed by atoms with van der Waals surface area (Å²) >= 11 is 0. The number of nitrogens with zero attached hydrogens (tertiary/aromatic N) is 9. The zero-order chi connectivity index (χ0) is 8.12. The van der Waals surface area contributed by atoms with E-state index in [0.29, 0.717) is 0 Å². The molecule has 72 valence electrons. The van der Waals surface area contributed by atoms with Gasteiger partial charge in [-0.25, -0.2) is 0 Å². The number of hydrogen-bond acceptors (Lipinski definition) is 0. The Morgan fingerprint density at radius 3 is 0.417 bits per heavy atom. The molecule has 0 heterocycles. The molecule has 12 nitrogen and oxygen atoms in total. The van der Waals surface area contributed by atoms with Crippen LogP contribution in [0.2, 0.25) is 0 Å². The van der Waals surface area contributed by atoms with Crippen molar-refractivity contribution in [1.29, 1.82) is 0 Å². The lowest BCUT2D eigenvalue weighted by Gasteiger charge is -1.32. The maximum Gasteiger partial charge on any atom is -0.255 e. The van der Waals surface area contributed by atoms with Gasteiger partial charge in [0.05, 0.1) is 0 Å². The first-order valence-electron chi connectivity index (χ1n) is 1.20. The van der Waals surface area contributed by atoms with Crippen LogP contribution in [0, 0.1) is 0 Å². The molecule has 0 saturated carbocycles. The summed E-state index contributed by atoms with van der Waals surface area (Å²) in [6.07, 6.45) is 0. The first-order valence-corrected chi connectivity index (χ1v) is 1.20. The van der Waals surface area contributed by atoms with Gasteiger partial charge < -0.3 is 51.6 Å². The SMILES string of the molecule is [N-]=[N+]=[N-].[N-]=[N+]=[N-].[N-]=[N+]=[N-].[NH4+].[NH4+].[NH4+]. The second-order valence-corrected chi connectivity index (χ2v) is 0.268. The summed E-state index contributed by atoms with van der Waals surface area (Å²) in [6, 6.07) is 0. The molecule has 12 heteroatoms. The van der Waals surface area contributed by atoms with Gasteiger partial charge in [-0.3, -0.25) is 14.7 Å². The van der Waals surface area contributed by atoms with E-state index in [9.17, 15) is 0 Å². The monoisotopic (exact) mass is 180 g/mol. The molecule has 0 spiro atoms. The van der Waals surface area contributed by atoms with E-state index in [1.165, 1.54) is 14.7 Å². The third kappa shape index (κ3) is 75.5. The topological polar surface area (TPSA) is 286 Å². The van der Waals surface area contributed by atoms with Crippen LogP contribution >= 0.6 is 0 Å². The molecule has 0 atom stereocenters. The molecule has 0 aliphatic heterocycles. The molecule has 0 saturated heterocycles. The van der Waals surface area contributed by atoms with Crippen molar-refractivity contribution in [2.24, 2.45) is 0 Å². The fourth-order valence-electron chi connectivity index (χ4n) is 0. The average molecular weight is 180 g/mol. The first kappa shape index (κ1) is 52.5. The van der Waals surface area contributed by atoms with E-state index in [1.807, 2.05) is 0 Å². The van der Waals surface area contributed by atoms with Crippen LogP contribution in [0.25, 0.3) is 47.9 Å². The summed E-state index contributed by atoms with van der Waals surface area (Å²) in [5.74, 6) is 0. The van der Waals surface area contributed by atoms with Gasteiger partial charge in [-0.15, -0.1) is 0 Å². The van der Waals surface area contributed by atoms with E-state index in [2.05, 4.69) is 0 Å². The van der Waals surface area contributed by atoms with Gasteiger partial charge in [-0.1, -0.05) is 0 Å². The zero-order valence-electron chi connectivity index (χ0n) is 7.02. The Hall–Kier alpha value is -2.19. The van der Waals surface area contributed by atoms with E-state index in [1.54, 1.807) is 0 Å². The van der Waals surface area contributed by atoms with Crippen LogP contribution in [0.15, 0.2) is 0 Å². The van der Waals surface area contributed by atoms with E-state index in [0.717, 1.165) is 0 Å². The van der Waals surface area contributed by atoms with Gasteiger partial charge in [0.2, 0.25) is 0 Å². The highest BCUT2D eigenvalue weighted by Gasteiger charge is 0.694. The summed E-state index contributed by atoms with van der Waals surface area (Å²) in [5.41, 5.74) is 40.5. The lowest BCUT2D eigenvalue weighted by Crippen LogP contribution is -0.711. The van der Waals surface area contributed by atoms with Crippen molar-refractivity contribution in [1.82, 2.24) is 18.5 Å². The van der Waals surface area contributed by atoms with Crippen LogP contribution in [0.1, 0.15) is 0 Å². The van der Waals surface area contributed by atoms with Gasteiger partial charge in [-0.2, -0.15) is 0 Å². The van der Waals surface area contributed by atoms with Gasteiger partial charge >= 0.3 is 0 Å². The molecule has 0 aliphatic rings. The van der Waals surface area contributed by atoms with Crippen LogP contribution in [-0.2, 0) is 0 Å². The Bertz CT molecular complexity index is 91.6. The molecule has 12 N–H and O–H groups in total. The van der Waals surface area contributed by atoms with Crippen molar-refractivity contribution in [2.75, 3.05) is 0 Å². The Kier molecular flexibility index (Phi) is 3580. The van der Waals surface area contributed by atoms with Gasteiger partial charge in [0, 0.05) is 0 Å². The van der Waals surface area contributed by atoms with Crippen molar-refractivity contribution in [3.05, 3.63) is 47.9 Å². The number of quaternary nitrogens is 3. The van der Waals surface area contributed by atoms with Crippen molar-refractivity contribution in [3.63, 3.8) is 0 Å². The predicted molar refractivity (Wildman–Crippen MR) is 48.2 cm³/mol. The van der Waals surface area contributed by atoms with Gasteiger partial charge in [0.15, 0.2) is 0 Å². The van der Waals surface area contributed by atoms with E-state index in [4.69, 9.17) is 33.2 Å². The van der Waals surface area contributed by atoms with Gasteiger partial charge in [0.25, 0.3) is 0 Å². The quantitative estimate of drug-likeness (QED) is 0.272. The summed E-state index contributed by atoms with van der Waals surface area (Å²) < 4.78 is 0. The van der Waals surface area contributed by atoms with E-state index in [-0.39, 0.29) is 18.5 Å². The second kappa shape index (κ2) is 819. The third-order valence-electron chi connectivity index (χ3n) is 0. The molecule has 0 amide bonds. The van der Waals surface area contributed by atoms with Crippen molar-refractivity contribution in [3.8, 4) is 0 Å². The Balaban J connectivity index is -0.00000001000. The molecule has 0 fully saturated rings. The molecular weight excluding hydrogens is 168 g/mol. The fraction of sp³-hybridized carbons (Fsp3) is 0. The molecular formula is H12N12. The van der Waals surface area contributed by atoms with Crippen molar-refractivity contribution >= 4 is 0 Å². The fourth-order valence-corrected chi connectivity index (χ4v) is 0. The largest absolute Gasteiger partial charge is 0.373 e. The molecule has 0 unspecified atom stereocenters. The average Bonchev–Trinajstić information content (AvgIpc) is 1.70. The standard InChI is InChI=1S/3N3.3H3N/c3*1-3-2;;;/h;;;3*1H3/q3*-1;;;/p+3. The minimum absolute atomic E-state index is 0. The van der Waals surface area contributed by atoms with Crippen LogP contribution in [0.3, 0.4) is 0 Å². The van der Waals surface area contributed by atoms with Gasteiger partial charge in [-0.05, 0) is 0 Å². The minimum Gasteiger partial charge on any atom is -0.373 e. The van der Waals surface area contributed by atoms with E-state index >= 15 is 0 Å². The molecule has 0 aromatic carbocycles. The highest BCUT2D eigenvalue weighted by Crippen LogP contribution is 1.30. The van der Waals surface area contributed by atoms with E-state index < -0.39 is 0 Å². The highest BCUT2D eigenvalue weighted by atomic mass is 15.0. The molecule has 0 rings (SSSR count). The summed E-state index contributed by atoms with van der Waals surface area (Å²) in [4.78, 5) is 4.50. The molecule has 0 aromatic rings. The lowest BCUT2D eigenvalue weighted by molar-refractivity contribution is 2.13. The summed E-state index contributed by atoms with van der Waals surface area (Å²) in [7, 11) is 0. The summed E-state index contributed by atoms with van der Waals surface area (Å²) in [5, 5.41) is 0. The Labute approximate surface area is 67.6 Å². The minimum atomic E-state index is 0. The maximum absolute atomic E-state index is 6.75. The van der Waals surface area contributed by atoms with Crippen LogP contribution in [-0.4, -0.2) is 0 Å². The molecule has 0 radical (unpaired) electrons. The van der Waals surface area contributed by atoms with Crippen LogP contribution < -0.4 is 18.5 Å². The zero-order valence-corrected chi connectivity index (χ0v) is 7.02. The highest BCUT2D eigenvalue weighted by molar-refractivity contribution is 4.37. The third-order valence-corrected chi connectivity index (χ3v) is 0.